The van der Waals surface area contributed by atoms with Crippen LogP contribution in [0.4, 0.5) is 0 Å². The Balaban J connectivity index is 1.79. The van der Waals surface area contributed by atoms with Gasteiger partial charge in [0.2, 0.25) is 0 Å². The van der Waals surface area contributed by atoms with Crippen molar-refractivity contribution in [1.82, 2.24) is 4.90 Å². The maximum absolute atomic E-state index is 2.81. The van der Waals surface area contributed by atoms with Gasteiger partial charge in [0.1, 0.15) is 0 Å². The number of hydrogen-bond acceptors (Lipinski definition) is 1. The van der Waals surface area contributed by atoms with E-state index in [-0.39, 0.29) is 0 Å². The van der Waals surface area contributed by atoms with E-state index in [1.54, 1.807) is 12.8 Å². The zero-order chi connectivity index (χ0) is 8.67. The van der Waals surface area contributed by atoms with Gasteiger partial charge in [-0.3, -0.25) is 0 Å². The second-order valence-electron chi connectivity index (χ2n) is 5.32. The largest absolute Gasteiger partial charge is 0.300 e. The average Bonchev–Trinajstić information content (AvgIpc) is 2.58. The highest BCUT2D eigenvalue weighted by atomic mass is 15.2. The van der Waals surface area contributed by atoms with E-state index in [1.807, 2.05) is 0 Å². The highest BCUT2D eigenvalue weighted by molar-refractivity contribution is 4.90. The van der Waals surface area contributed by atoms with Gasteiger partial charge in [0, 0.05) is 6.04 Å². The molecule has 3 aliphatic heterocycles. The van der Waals surface area contributed by atoms with Crippen molar-refractivity contribution in [2.24, 2.45) is 11.8 Å². The Morgan fingerprint density at radius 3 is 2.46 bits per heavy atom. The smallest absolute Gasteiger partial charge is 0.0123 e. The van der Waals surface area contributed by atoms with Crippen LogP contribution in [-0.2, 0) is 0 Å². The fraction of sp³-hybridized carbons (Fsp3) is 1.00. The molecule has 13 heavy (non-hydrogen) atoms. The molecule has 3 heterocycles. The first-order chi connectivity index (χ1) is 6.43. The van der Waals surface area contributed by atoms with Crippen molar-refractivity contribution in [2.75, 3.05) is 13.1 Å². The first-order valence-corrected chi connectivity index (χ1v) is 6.17. The van der Waals surface area contributed by atoms with Crippen molar-refractivity contribution in [3.8, 4) is 0 Å². The molecule has 4 rings (SSSR count). The monoisotopic (exact) mass is 179 g/mol. The van der Waals surface area contributed by atoms with Gasteiger partial charge >= 0.3 is 0 Å². The van der Waals surface area contributed by atoms with Gasteiger partial charge < -0.3 is 4.90 Å². The lowest BCUT2D eigenvalue weighted by Gasteiger charge is -2.42. The third-order valence-corrected chi connectivity index (χ3v) is 4.68. The minimum Gasteiger partial charge on any atom is -0.300 e. The summed E-state index contributed by atoms with van der Waals surface area (Å²) in [5.41, 5.74) is 0. The Bertz CT molecular complexity index is 182. The molecule has 0 N–H and O–H groups in total. The highest BCUT2D eigenvalue weighted by Gasteiger charge is 2.36. The fourth-order valence-electron chi connectivity index (χ4n) is 3.86. The van der Waals surface area contributed by atoms with Gasteiger partial charge in [0.25, 0.3) is 0 Å². The lowest BCUT2D eigenvalue weighted by atomic mass is 9.82. The maximum Gasteiger partial charge on any atom is 0.0123 e. The molecule has 0 aromatic rings. The average molecular weight is 179 g/mol. The van der Waals surface area contributed by atoms with Crippen LogP contribution >= 0.6 is 0 Å². The van der Waals surface area contributed by atoms with Crippen molar-refractivity contribution in [1.29, 1.82) is 0 Å². The summed E-state index contributed by atoms with van der Waals surface area (Å²) < 4.78 is 0. The summed E-state index contributed by atoms with van der Waals surface area (Å²) in [5, 5.41) is 0. The van der Waals surface area contributed by atoms with Crippen molar-refractivity contribution in [3.63, 3.8) is 0 Å². The van der Waals surface area contributed by atoms with E-state index in [4.69, 9.17) is 0 Å². The van der Waals surface area contributed by atoms with Gasteiger partial charge in [0.05, 0.1) is 0 Å². The second kappa shape index (κ2) is 3.27. The van der Waals surface area contributed by atoms with Gasteiger partial charge in [-0.2, -0.15) is 0 Å². The second-order valence-corrected chi connectivity index (χ2v) is 5.32. The first-order valence-electron chi connectivity index (χ1n) is 6.17. The molecule has 4 aliphatic rings. The van der Waals surface area contributed by atoms with Crippen LogP contribution in [0.5, 0.6) is 0 Å². The molecule has 0 spiro atoms. The molecular formula is C12H21N. The zero-order valence-electron chi connectivity index (χ0n) is 8.54. The van der Waals surface area contributed by atoms with Gasteiger partial charge in [-0.15, -0.1) is 0 Å². The predicted molar refractivity (Wildman–Crippen MR) is 54.7 cm³/mol. The summed E-state index contributed by atoms with van der Waals surface area (Å²) >= 11 is 0. The molecule has 2 unspecified atom stereocenters. The molecule has 1 nitrogen and oxygen atoms in total. The zero-order valence-corrected chi connectivity index (χ0v) is 8.54. The van der Waals surface area contributed by atoms with E-state index in [1.165, 1.54) is 45.2 Å². The van der Waals surface area contributed by atoms with Crippen LogP contribution in [-0.4, -0.2) is 24.0 Å². The SMILES string of the molecule is C1CC2CCC3CCN(CC3)C2C1. The van der Waals surface area contributed by atoms with Crippen LogP contribution in [0.25, 0.3) is 0 Å². The van der Waals surface area contributed by atoms with Gasteiger partial charge in [-0.25, -0.2) is 0 Å². The van der Waals surface area contributed by atoms with Gasteiger partial charge in [0.15, 0.2) is 0 Å². The molecule has 2 atom stereocenters. The Morgan fingerprint density at radius 2 is 1.62 bits per heavy atom. The van der Waals surface area contributed by atoms with E-state index < -0.39 is 0 Å². The molecule has 74 valence electrons. The van der Waals surface area contributed by atoms with Crippen LogP contribution in [0.1, 0.15) is 44.9 Å². The number of rotatable bonds is 0. The highest BCUT2D eigenvalue weighted by Crippen LogP contribution is 2.39. The van der Waals surface area contributed by atoms with Crippen LogP contribution in [0.3, 0.4) is 0 Å². The van der Waals surface area contributed by atoms with E-state index in [0.717, 1.165) is 17.9 Å². The lowest BCUT2D eigenvalue weighted by Crippen LogP contribution is -2.45. The molecular weight excluding hydrogens is 158 g/mol. The number of nitrogens with zero attached hydrogens (tertiary/aromatic N) is 1. The predicted octanol–water partition coefficient (Wildman–Crippen LogP) is 2.66. The number of hydrogen-bond donors (Lipinski definition) is 0. The van der Waals surface area contributed by atoms with Crippen molar-refractivity contribution < 1.29 is 0 Å². The molecule has 3 saturated heterocycles. The van der Waals surface area contributed by atoms with Gasteiger partial charge in [-0.05, 0) is 57.0 Å². The number of piperidine rings is 1. The van der Waals surface area contributed by atoms with Crippen LogP contribution in [0.2, 0.25) is 0 Å². The number of fused-ring (bicyclic) bond motifs is 3. The van der Waals surface area contributed by atoms with Crippen LogP contribution in [0.15, 0.2) is 0 Å². The van der Waals surface area contributed by atoms with Crippen LogP contribution < -0.4 is 0 Å². The van der Waals surface area contributed by atoms with E-state index in [0.29, 0.717) is 0 Å². The first kappa shape index (κ1) is 8.28. The molecule has 0 radical (unpaired) electrons. The lowest BCUT2D eigenvalue weighted by molar-refractivity contribution is 0.0741. The minimum absolute atomic E-state index is 1.00. The van der Waals surface area contributed by atoms with Gasteiger partial charge in [-0.1, -0.05) is 12.8 Å². The van der Waals surface area contributed by atoms with E-state index >= 15 is 0 Å². The van der Waals surface area contributed by atoms with E-state index in [9.17, 15) is 0 Å². The summed E-state index contributed by atoms with van der Waals surface area (Å²) in [7, 11) is 0. The topological polar surface area (TPSA) is 3.24 Å². The maximum atomic E-state index is 2.81. The third-order valence-electron chi connectivity index (χ3n) is 4.68. The molecule has 2 bridgehead atoms. The minimum atomic E-state index is 1.00. The third kappa shape index (κ3) is 1.41. The molecule has 1 saturated carbocycles. The fourth-order valence-corrected chi connectivity index (χ4v) is 3.86. The van der Waals surface area contributed by atoms with Crippen LogP contribution in [0, 0.1) is 11.8 Å². The molecule has 4 fully saturated rings. The Morgan fingerprint density at radius 1 is 0.769 bits per heavy atom. The Hall–Kier alpha value is -0.0400. The molecule has 1 aliphatic carbocycles. The summed E-state index contributed by atoms with van der Waals surface area (Å²) in [6.45, 7) is 2.84. The molecule has 1 heteroatoms. The standard InChI is InChI=1S/C12H21N/c1-2-11-5-4-10-6-8-13(9-7-10)12(11)3-1/h10-12H,1-9H2. The Labute approximate surface area is 81.5 Å². The van der Waals surface area contributed by atoms with Crippen molar-refractivity contribution in [3.05, 3.63) is 0 Å². The van der Waals surface area contributed by atoms with Crippen molar-refractivity contribution in [2.45, 2.75) is 51.0 Å². The summed E-state index contributed by atoms with van der Waals surface area (Å²) in [6, 6.07) is 1.00. The Kier molecular flexibility index (Phi) is 2.08. The molecule has 0 amide bonds. The van der Waals surface area contributed by atoms with E-state index in [2.05, 4.69) is 4.90 Å². The summed E-state index contributed by atoms with van der Waals surface area (Å²) in [5.74, 6) is 2.18. The summed E-state index contributed by atoms with van der Waals surface area (Å²) in [4.78, 5) is 2.81. The molecule has 0 aromatic carbocycles. The summed E-state index contributed by atoms with van der Waals surface area (Å²) in [6.07, 6.45) is 10.7. The quantitative estimate of drug-likeness (QED) is 0.552. The van der Waals surface area contributed by atoms with Crippen molar-refractivity contribution >= 4 is 0 Å². The normalized spacial score (nSPS) is 49.8. The molecule has 0 aromatic heterocycles.